The lowest BCUT2D eigenvalue weighted by atomic mass is 10.1. The molecule has 1 heterocycles. The predicted octanol–water partition coefficient (Wildman–Crippen LogP) is 1.98. The molecule has 0 amide bonds. The first kappa shape index (κ1) is 12.3. The Morgan fingerprint density at radius 3 is 2.59 bits per heavy atom. The van der Waals surface area contributed by atoms with Gasteiger partial charge in [0.25, 0.3) is 0 Å². The monoisotopic (exact) mass is 236 g/mol. The minimum Gasteiger partial charge on any atom is -0.373 e. The molecule has 1 aliphatic carbocycles. The number of nitrogens with zero attached hydrogens (tertiary/aromatic N) is 2. The van der Waals surface area contributed by atoms with Crippen molar-refractivity contribution in [3.63, 3.8) is 0 Å². The highest BCUT2D eigenvalue weighted by Crippen LogP contribution is 2.40. The van der Waals surface area contributed by atoms with Crippen LogP contribution in [0, 0.1) is 5.92 Å². The topological polar surface area (TPSA) is 73.1 Å². The normalized spacial score (nSPS) is 17.2. The summed E-state index contributed by atoms with van der Waals surface area (Å²) < 4.78 is 5.46. The van der Waals surface area contributed by atoms with Gasteiger partial charge in [0.15, 0.2) is 5.82 Å². The first-order valence-electron chi connectivity index (χ1n) is 6.04. The number of nitrogen functional groups attached to an aromatic ring is 1. The van der Waals surface area contributed by atoms with Crippen molar-refractivity contribution in [2.45, 2.75) is 38.7 Å². The average Bonchev–Trinajstić information content (AvgIpc) is 3.13. The third-order valence-electron chi connectivity index (χ3n) is 3.02. The van der Waals surface area contributed by atoms with E-state index in [1.165, 1.54) is 12.8 Å². The zero-order chi connectivity index (χ0) is 12.4. The summed E-state index contributed by atoms with van der Waals surface area (Å²) in [4.78, 5) is 8.99. The molecular formula is C12H20N4O. The maximum absolute atomic E-state index is 5.46. The van der Waals surface area contributed by atoms with E-state index in [4.69, 9.17) is 10.6 Å². The molecule has 1 atom stereocenters. The van der Waals surface area contributed by atoms with E-state index in [9.17, 15) is 0 Å². The van der Waals surface area contributed by atoms with Gasteiger partial charge in [-0.15, -0.1) is 0 Å². The van der Waals surface area contributed by atoms with E-state index in [0.717, 1.165) is 11.5 Å². The Balaban J connectivity index is 2.34. The van der Waals surface area contributed by atoms with Crippen LogP contribution in [0.2, 0.25) is 0 Å². The summed E-state index contributed by atoms with van der Waals surface area (Å²) in [5, 5.41) is 0. The van der Waals surface area contributed by atoms with Crippen LogP contribution in [-0.2, 0) is 4.74 Å². The molecule has 1 saturated carbocycles. The van der Waals surface area contributed by atoms with Gasteiger partial charge >= 0.3 is 0 Å². The number of ether oxygens (including phenoxy) is 1. The van der Waals surface area contributed by atoms with Gasteiger partial charge in [-0.1, -0.05) is 13.8 Å². The molecule has 1 aromatic heterocycles. The number of hydrazine groups is 1. The molecule has 0 aliphatic heterocycles. The predicted molar refractivity (Wildman–Crippen MR) is 66.4 cm³/mol. The number of nitrogens with two attached hydrogens (primary N) is 1. The second-order valence-corrected chi connectivity index (χ2v) is 4.86. The van der Waals surface area contributed by atoms with Crippen molar-refractivity contribution in [1.82, 2.24) is 9.97 Å². The van der Waals surface area contributed by atoms with Crippen LogP contribution < -0.4 is 11.3 Å². The molecule has 1 aromatic rings. The van der Waals surface area contributed by atoms with Crippen LogP contribution >= 0.6 is 0 Å². The molecule has 1 fully saturated rings. The highest BCUT2D eigenvalue weighted by Gasteiger charge is 2.28. The standard InChI is InChI=1S/C12H20N4O/c1-7(2)11(17-3)12-14-9(8-4-5-8)6-10(15-12)16-13/h6-8,11H,4-5,13H2,1-3H3,(H,14,15,16). The van der Waals surface area contributed by atoms with E-state index in [1.54, 1.807) is 7.11 Å². The van der Waals surface area contributed by atoms with E-state index in [-0.39, 0.29) is 6.10 Å². The van der Waals surface area contributed by atoms with Gasteiger partial charge in [-0.25, -0.2) is 15.8 Å². The minimum atomic E-state index is -0.0826. The van der Waals surface area contributed by atoms with E-state index in [2.05, 4.69) is 29.2 Å². The molecule has 2 rings (SSSR count). The highest BCUT2D eigenvalue weighted by atomic mass is 16.5. The smallest absolute Gasteiger partial charge is 0.160 e. The number of nitrogens with one attached hydrogen (secondary N) is 1. The maximum atomic E-state index is 5.46. The summed E-state index contributed by atoms with van der Waals surface area (Å²) >= 11 is 0. The molecule has 0 bridgehead atoms. The third kappa shape index (κ3) is 2.73. The molecule has 0 saturated heterocycles. The molecule has 5 heteroatoms. The van der Waals surface area contributed by atoms with Crippen molar-refractivity contribution in [3.05, 3.63) is 17.6 Å². The van der Waals surface area contributed by atoms with Crippen LogP contribution in [0.1, 0.15) is 50.2 Å². The number of hydrogen-bond acceptors (Lipinski definition) is 5. The lowest BCUT2D eigenvalue weighted by molar-refractivity contribution is 0.0574. The summed E-state index contributed by atoms with van der Waals surface area (Å²) in [5.74, 6) is 7.74. The van der Waals surface area contributed by atoms with Crippen molar-refractivity contribution in [1.29, 1.82) is 0 Å². The van der Waals surface area contributed by atoms with E-state index in [0.29, 0.717) is 17.7 Å². The summed E-state index contributed by atoms with van der Waals surface area (Å²) in [5.41, 5.74) is 3.68. The second kappa shape index (κ2) is 4.98. The Hall–Kier alpha value is -1.20. The largest absolute Gasteiger partial charge is 0.373 e. The SMILES string of the molecule is COC(c1nc(NN)cc(C2CC2)n1)C(C)C. The Kier molecular flexibility index (Phi) is 3.59. The molecule has 0 radical (unpaired) electrons. The van der Waals surface area contributed by atoms with Crippen LogP contribution in [0.25, 0.3) is 0 Å². The van der Waals surface area contributed by atoms with Crippen LogP contribution in [0.5, 0.6) is 0 Å². The van der Waals surface area contributed by atoms with Gasteiger partial charge in [0.1, 0.15) is 11.9 Å². The molecule has 17 heavy (non-hydrogen) atoms. The average molecular weight is 236 g/mol. The number of rotatable bonds is 5. The fourth-order valence-electron chi connectivity index (χ4n) is 1.95. The zero-order valence-corrected chi connectivity index (χ0v) is 10.6. The van der Waals surface area contributed by atoms with Gasteiger partial charge in [0.2, 0.25) is 0 Å². The number of hydrogen-bond donors (Lipinski definition) is 2. The number of anilines is 1. The van der Waals surface area contributed by atoms with E-state index >= 15 is 0 Å². The van der Waals surface area contributed by atoms with Crippen LogP contribution in [0.15, 0.2) is 6.07 Å². The summed E-state index contributed by atoms with van der Waals surface area (Å²) in [6.45, 7) is 4.19. The maximum Gasteiger partial charge on any atom is 0.160 e. The van der Waals surface area contributed by atoms with Gasteiger partial charge in [0, 0.05) is 24.8 Å². The Morgan fingerprint density at radius 1 is 1.41 bits per heavy atom. The van der Waals surface area contributed by atoms with Gasteiger partial charge in [-0.05, 0) is 18.8 Å². The van der Waals surface area contributed by atoms with Crippen molar-refractivity contribution >= 4 is 5.82 Å². The highest BCUT2D eigenvalue weighted by molar-refractivity contribution is 5.37. The molecule has 0 aromatic carbocycles. The van der Waals surface area contributed by atoms with Gasteiger partial charge in [0.05, 0.1) is 0 Å². The first-order valence-corrected chi connectivity index (χ1v) is 6.04. The Labute approximate surface area is 102 Å². The first-order chi connectivity index (χ1) is 8.15. The molecule has 5 nitrogen and oxygen atoms in total. The zero-order valence-electron chi connectivity index (χ0n) is 10.6. The quantitative estimate of drug-likeness (QED) is 0.604. The van der Waals surface area contributed by atoms with Gasteiger partial charge in [-0.2, -0.15) is 0 Å². The van der Waals surface area contributed by atoms with Crippen LogP contribution in [-0.4, -0.2) is 17.1 Å². The van der Waals surface area contributed by atoms with Crippen LogP contribution in [0.4, 0.5) is 5.82 Å². The van der Waals surface area contributed by atoms with Crippen molar-refractivity contribution in [2.24, 2.45) is 11.8 Å². The summed E-state index contributed by atoms with van der Waals surface area (Å²) in [7, 11) is 1.69. The fourth-order valence-corrected chi connectivity index (χ4v) is 1.95. The van der Waals surface area contributed by atoms with Crippen molar-refractivity contribution < 1.29 is 4.74 Å². The van der Waals surface area contributed by atoms with Gasteiger partial charge in [-0.3, -0.25) is 0 Å². The molecule has 0 spiro atoms. The Bertz CT molecular complexity index is 390. The van der Waals surface area contributed by atoms with Crippen molar-refractivity contribution in [2.75, 3.05) is 12.5 Å². The fraction of sp³-hybridized carbons (Fsp3) is 0.667. The molecule has 1 aliphatic rings. The van der Waals surface area contributed by atoms with Crippen molar-refractivity contribution in [3.8, 4) is 0 Å². The third-order valence-corrected chi connectivity index (χ3v) is 3.02. The van der Waals surface area contributed by atoms with Gasteiger partial charge < -0.3 is 10.2 Å². The van der Waals surface area contributed by atoms with E-state index in [1.807, 2.05) is 6.07 Å². The molecular weight excluding hydrogens is 216 g/mol. The lowest BCUT2D eigenvalue weighted by Crippen LogP contribution is -2.17. The molecule has 94 valence electrons. The summed E-state index contributed by atoms with van der Waals surface area (Å²) in [6, 6.07) is 1.92. The minimum absolute atomic E-state index is 0.0826. The Morgan fingerprint density at radius 2 is 2.12 bits per heavy atom. The molecule has 3 N–H and O–H groups in total. The van der Waals surface area contributed by atoms with E-state index < -0.39 is 0 Å². The number of methoxy groups -OCH3 is 1. The molecule has 1 unspecified atom stereocenters. The number of aromatic nitrogens is 2. The summed E-state index contributed by atoms with van der Waals surface area (Å²) in [6.07, 6.45) is 2.33. The van der Waals surface area contributed by atoms with Crippen LogP contribution in [0.3, 0.4) is 0 Å². The second-order valence-electron chi connectivity index (χ2n) is 4.86. The lowest BCUT2D eigenvalue weighted by Gasteiger charge is -2.19.